The second kappa shape index (κ2) is 16.6. The molecule has 1 aromatic heterocycles. The average molecular weight is 665 g/mol. The second-order valence-corrected chi connectivity index (χ2v) is 13.3. The van der Waals surface area contributed by atoms with Crippen LogP contribution in [0.1, 0.15) is 113 Å². The van der Waals surface area contributed by atoms with Crippen LogP contribution in [0.25, 0.3) is 0 Å². The maximum atomic E-state index is 15.5. The largest absolute Gasteiger partial charge is 0.343 e. The summed E-state index contributed by atoms with van der Waals surface area (Å²) in [6.07, 6.45) is 6.09. The Labute approximate surface area is 273 Å². The number of carbonyl (C=O) groups is 3. The molecule has 0 spiro atoms. The molecule has 5 N–H and O–H groups in total. The first-order chi connectivity index (χ1) is 22.4. The predicted octanol–water partition coefficient (Wildman–Crippen LogP) is 6.22. The molecule has 2 fully saturated rings. The van der Waals surface area contributed by atoms with E-state index < -0.39 is 54.3 Å². The number of anilines is 1. The maximum Gasteiger partial charge on any atom is 0.270 e. The Kier molecular flexibility index (Phi) is 12.8. The van der Waals surface area contributed by atoms with Gasteiger partial charge in [0.1, 0.15) is 23.6 Å². The summed E-state index contributed by atoms with van der Waals surface area (Å²) in [6, 6.07) is 2.09. The molecule has 0 radical (unpaired) electrons. The number of nitrogens with two attached hydrogens (primary N) is 1. The number of carbonyl (C=O) groups excluding carboxylic acids is 3. The van der Waals surface area contributed by atoms with Crippen molar-refractivity contribution in [2.45, 2.75) is 122 Å². The Morgan fingerprint density at radius 2 is 1.47 bits per heavy atom. The number of nitrogens with zero attached hydrogens (tertiary/aromatic N) is 2. The molecule has 3 amide bonds. The molecular weight excluding hydrogens is 616 g/mol. The van der Waals surface area contributed by atoms with Crippen LogP contribution in [-0.2, 0) is 9.59 Å². The molecule has 2 saturated carbocycles. The van der Waals surface area contributed by atoms with Crippen LogP contribution in [-0.4, -0.2) is 52.3 Å². The molecular formula is C34H48F4N6O3. The fourth-order valence-corrected chi connectivity index (χ4v) is 7.26. The van der Waals surface area contributed by atoms with Crippen molar-refractivity contribution in [2.24, 2.45) is 23.5 Å². The highest BCUT2D eigenvalue weighted by molar-refractivity contribution is 6.01. The zero-order chi connectivity index (χ0) is 34.2. The summed E-state index contributed by atoms with van der Waals surface area (Å²) in [7, 11) is 0. The summed E-state index contributed by atoms with van der Waals surface area (Å²) in [4.78, 5) is 40.5. The van der Waals surface area contributed by atoms with Crippen LogP contribution in [0.3, 0.4) is 0 Å². The Balaban J connectivity index is 1.61. The standard InChI is InChI=1S/C34H48F4N6O3/c1-19(2)44-26(16-17-40-44)33(46)42-28(27(21-10-6-4-7-11-21)22-12-8-5-9-13-22)34(47)41-25-15-14-23(18-24(25)35)20(3)32(45)43-29(30(36)37)31(38)39/h14-22,27-31H,4-13,39H2,1-3H3,(H,41,47)(H,42,46)(H,43,45)/t20-,28-,29?,31?/m0/s1. The fraction of sp³-hybridized carbons (Fsp3) is 0.647. The first-order valence-corrected chi connectivity index (χ1v) is 16.8. The Hall–Kier alpha value is -3.48. The van der Waals surface area contributed by atoms with Gasteiger partial charge in [-0.1, -0.05) is 70.3 Å². The predicted molar refractivity (Wildman–Crippen MR) is 171 cm³/mol. The monoisotopic (exact) mass is 664 g/mol. The summed E-state index contributed by atoms with van der Waals surface area (Å²) < 4.78 is 56.8. The minimum atomic E-state index is -3.23. The lowest BCUT2D eigenvalue weighted by molar-refractivity contribution is -0.125. The molecule has 260 valence electrons. The molecule has 47 heavy (non-hydrogen) atoms. The van der Waals surface area contributed by atoms with E-state index in [9.17, 15) is 27.6 Å². The van der Waals surface area contributed by atoms with Gasteiger partial charge in [0.25, 0.3) is 12.3 Å². The Bertz CT molecular complexity index is 1330. The van der Waals surface area contributed by atoms with Gasteiger partial charge in [-0.25, -0.2) is 17.6 Å². The van der Waals surface area contributed by atoms with Gasteiger partial charge in [-0.3, -0.25) is 24.8 Å². The molecule has 4 rings (SSSR count). The van der Waals surface area contributed by atoms with E-state index in [0.717, 1.165) is 70.3 Å². The van der Waals surface area contributed by atoms with Crippen molar-refractivity contribution in [2.75, 3.05) is 5.32 Å². The van der Waals surface area contributed by atoms with Crippen molar-refractivity contribution in [3.8, 4) is 0 Å². The molecule has 2 unspecified atom stereocenters. The summed E-state index contributed by atoms with van der Waals surface area (Å²) in [5, 5.41) is 11.9. The van der Waals surface area contributed by atoms with Crippen molar-refractivity contribution < 1.29 is 31.9 Å². The lowest BCUT2D eigenvalue weighted by atomic mass is 9.66. The fourth-order valence-electron chi connectivity index (χ4n) is 7.26. The van der Waals surface area contributed by atoms with E-state index in [1.807, 2.05) is 19.2 Å². The topological polar surface area (TPSA) is 131 Å². The van der Waals surface area contributed by atoms with Crippen LogP contribution >= 0.6 is 0 Å². The molecule has 0 bridgehead atoms. The van der Waals surface area contributed by atoms with Crippen LogP contribution in [0, 0.1) is 23.6 Å². The first kappa shape index (κ1) is 36.4. The van der Waals surface area contributed by atoms with E-state index in [4.69, 9.17) is 5.73 Å². The van der Waals surface area contributed by atoms with Gasteiger partial charge in [-0.2, -0.15) is 5.10 Å². The number of amides is 3. The highest BCUT2D eigenvalue weighted by atomic mass is 19.3. The van der Waals surface area contributed by atoms with Crippen molar-refractivity contribution in [3.05, 3.63) is 47.5 Å². The van der Waals surface area contributed by atoms with Gasteiger partial charge in [0.05, 0.1) is 11.6 Å². The number of aromatic nitrogens is 2. The summed E-state index contributed by atoms with van der Waals surface area (Å²) >= 11 is 0. The van der Waals surface area contributed by atoms with Gasteiger partial charge >= 0.3 is 0 Å². The van der Waals surface area contributed by atoms with E-state index in [-0.39, 0.29) is 35.0 Å². The van der Waals surface area contributed by atoms with Crippen LogP contribution in [0.4, 0.5) is 23.2 Å². The molecule has 13 heteroatoms. The third-order valence-electron chi connectivity index (χ3n) is 9.80. The number of rotatable bonds is 13. The molecule has 1 aromatic carbocycles. The van der Waals surface area contributed by atoms with E-state index in [1.165, 1.54) is 19.1 Å². The van der Waals surface area contributed by atoms with E-state index in [2.05, 4.69) is 15.7 Å². The number of alkyl halides is 3. The van der Waals surface area contributed by atoms with Gasteiger partial charge in [0, 0.05) is 12.2 Å². The Morgan fingerprint density at radius 3 is 1.98 bits per heavy atom. The molecule has 2 aliphatic rings. The molecule has 2 aromatic rings. The molecule has 2 aliphatic carbocycles. The van der Waals surface area contributed by atoms with E-state index >= 15 is 4.39 Å². The van der Waals surface area contributed by atoms with Gasteiger partial charge in [0.15, 0.2) is 6.30 Å². The molecule has 0 saturated heterocycles. The molecule has 9 nitrogen and oxygen atoms in total. The van der Waals surface area contributed by atoms with Crippen molar-refractivity contribution in [1.29, 1.82) is 0 Å². The quantitative estimate of drug-likeness (QED) is 0.149. The maximum absolute atomic E-state index is 15.5. The third-order valence-corrected chi connectivity index (χ3v) is 9.80. The number of halogens is 4. The SMILES string of the molecule is CC(C)n1nccc1C(=O)N[C@H](C(=O)Nc1ccc([C@H](C)C(=O)NC(C(N)F)C(F)F)cc1F)C(C1CCCCC1)C1CCCCC1. The van der Waals surface area contributed by atoms with E-state index in [1.54, 1.807) is 16.9 Å². The zero-order valence-electron chi connectivity index (χ0n) is 27.4. The Morgan fingerprint density at radius 1 is 0.872 bits per heavy atom. The molecule has 0 aliphatic heterocycles. The van der Waals surface area contributed by atoms with Crippen molar-refractivity contribution in [1.82, 2.24) is 20.4 Å². The van der Waals surface area contributed by atoms with Crippen molar-refractivity contribution in [3.63, 3.8) is 0 Å². The van der Waals surface area contributed by atoms with E-state index in [0.29, 0.717) is 5.69 Å². The normalized spacial score (nSPS) is 19.0. The van der Waals surface area contributed by atoms with Crippen LogP contribution in [0.15, 0.2) is 30.5 Å². The van der Waals surface area contributed by atoms with Gasteiger partial charge in [0.2, 0.25) is 11.8 Å². The minimum Gasteiger partial charge on any atom is -0.343 e. The van der Waals surface area contributed by atoms with Gasteiger partial charge in [-0.15, -0.1) is 0 Å². The van der Waals surface area contributed by atoms with Gasteiger partial charge < -0.3 is 16.0 Å². The molecule has 4 atom stereocenters. The van der Waals surface area contributed by atoms with Crippen LogP contribution in [0.5, 0.6) is 0 Å². The number of hydrogen-bond donors (Lipinski definition) is 4. The molecule has 1 heterocycles. The highest BCUT2D eigenvalue weighted by Gasteiger charge is 2.42. The summed E-state index contributed by atoms with van der Waals surface area (Å²) in [5.41, 5.74) is 5.25. The summed E-state index contributed by atoms with van der Waals surface area (Å²) in [6.45, 7) is 5.18. The first-order valence-electron chi connectivity index (χ1n) is 16.8. The lowest BCUT2D eigenvalue weighted by Crippen LogP contribution is -2.53. The number of benzene rings is 1. The average Bonchev–Trinajstić information content (AvgIpc) is 3.55. The minimum absolute atomic E-state index is 0.0856. The van der Waals surface area contributed by atoms with Crippen LogP contribution in [0.2, 0.25) is 0 Å². The highest BCUT2D eigenvalue weighted by Crippen LogP contribution is 2.42. The zero-order valence-corrected chi connectivity index (χ0v) is 27.4. The number of hydrogen-bond acceptors (Lipinski definition) is 5. The van der Waals surface area contributed by atoms with Gasteiger partial charge in [-0.05, 0) is 62.3 Å². The lowest BCUT2D eigenvalue weighted by Gasteiger charge is -2.42. The number of nitrogens with one attached hydrogen (secondary N) is 3. The third kappa shape index (κ3) is 9.11. The smallest absolute Gasteiger partial charge is 0.270 e. The summed E-state index contributed by atoms with van der Waals surface area (Å²) in [5.74, 6) is -3.59. The van der Waals surface area contributed by atoms with Crippen molar-refractivity contribution >= 4 is 23.4 Å². The second-order valence-electron chi connectivity index (χ2n) is 13.3. The van der Waals surface area contributed by atoms with Crippen LogP contribution < -0.4 is 21.7 Å².